The zero-order chi connectivity index (χ0) is 16.1. The number of unbranched alkanes of at least 4 members (excludes halogenated alkanes) is 1. The van der Waals surface area contributed by atoms with E-state index in [0.29, 0.717) is 12.2 Å². The van der Waals surface area contributed by atoms with E-state index in [1.807, 2.05) is 6.07 Å². The van der Waals surface area contributed by atoms with Gasteiger partial charge in [0.1, 0.15) is 5.78 Å². The van der Waals surface area contributed by atoms with E-state index in [1.165, 1.54) is 16.7 Å². The summed E-state index contributed by atoms with van der Waals surface area (Å²) in [4.78, 5) is 13.2. The van der Waals surface area contributed by atoms with Crippen LogP contribution in [-0.4, -0.2) is 5.78 Å². The highest BCUT2D eigenvalue weighted by atomic mass is 16.1. The number of carbonyl (C=O) groups is 1. The van der Waals surface area contributed by atoms with Gasteiger partial charge in [-0.2, -0.15) is 0 Å². The van der Waals surface area contributed by atoms with Crippen LogP contribution in [0.4, 0.5) is 0 Å². The molecule has 23 heavy (non-hydrogen) atoms. The minimum Gasteiger partial charge on any atom is -0.299 e. The number of hydrogen-bond donors (Lipinski definition) is 0. The summed E-state index contributed by atoms with van der Waals surface area (Å²) in [6.07, 6.45) is 6.83. The van der Waals surface area contributed by atoms with Crippen LogP contribution < -0.4 is 0 Å². The lowest BCUT2D eigenvalue weighted by Crippen LogP contribution is -2.41. The maximum atomic E-state index is 13.2. The monoisotopic (exact) mass is 306 g/mol. The van der Waals surface area contributed by atoms with Crippen LogP contribution in [0.25, 0.3) is 0 Å². The Morgan fingerprint density at radius 1 is 1.04 bits per heavy atom. The first kappa shape index (κ1) is 16.0. The molecule has 0 saturated heterocycles. The van der Waals surface area contributed by atoms with Crippen LogP contribution in [-0.2, 0) is 23.1 Å². The largest absolute Gasteiger partial charge is 0.299 e. The second-order valence-corrected chi connectivity index (χ2v) is 6.78. The van der Waals surface area contributed by atoms with Crippen LogP contribution in [0.3, 0.4) is 0 Å². The minimum atomic E-state index is -0.314. The van der Waals surface area contributed by atoms with Crippen LogP contribution in [0.5, 0.6) is 0 Å². The van der Waals surface area contributed by atoms with E-state index >= 15 is 0 Å². The number of Topliss-reactive ketones (excluding diaryl/α,β-unsaturated/α-hetero) is 1. The molecule has 1 unspecified atom stereocenters. The molecule has 0 spiro atoms. The molecular weight excluding hydrogens is 280 g/mol. The first-order valence-electron chi connectivity index (χ1n) is 8.92. The molecule has 0 saturated carbocycles. The van der Waals surface area contributed by atoms with Crippen molar-refractivity contribution in [2.24, 2.45) is 0 Å². The van der Waals surface area contributed by atoms with Gasteiger partial charge in [0.25, 0.3) is 0 Å². The van der Waals surface area contributed by atoms with Crippen LogP contribution in [0.15, 0.2) is 54.6 Å². The van der Waals surface area contributed by atoms with Gasteiger partial charge in [-0.3, -0.25) is 4.79 Å². The zero-order valence-electron chi connectivity index (χ0n) is 14.1. The molecule has 0 N–H and O–H groups in total. The highest BCUT2D eigenvalue weighted by Crippen LogP contribution is 2.41. The number of aryl methyl sites for hydroxylation is 1. The quantitative estimate of drug-likeness (QED) is 0.711. The van der Waals surface area contributed by atoms with Gasteiger partial charge < -0.3 is 0 Å². The van der Waals surface area contributed by atoms with E-state index in [0.717, 1.165) is 38.5 Å². The number of benzene rings is 2. The summed E-state index contributed by atoms with van der Waals surface area (Å²) in [5.74, 6) is 0.440. The van der Waals surface area contributed by atoms with E-state index in [1.54, 1.807) is 0 Å². The van der Waals surface area contributed by atoms with Crippen molar-refractivity contribution in [3.63, 3.8) is 0 Å². The fraction of sp³-hybridized carbons (Fsp3) is 0.409. The lowest BCUT2D eigenvalue weighted by atomic mass is 9.63. The predicted molar refractivity (Wildman–Crippen MR) is 95.7 cm³/mol. The van der Waals surface area contributed by atoms with Crippen molar-refractivity contribution < 1.29 is 4.79 Å². The molecule has 2 aromatic carbocycles. The van der Waals surface area contributed by atoms with Crippen molar-refractivity contribution >= 4 is 5.78 Å². The van der Waals surface area contributed by atoms with Crippen molar-refractivity contribution in [3.8, 4) is 0 Å². The molecule has 1 heteroatoms. The number of hydrogen-bond acceptors (Lipinski definition) is 1. The summed E-state index contributed by atoms with van der Waals surface area (Å²) >= 11 is 0. The third-order valence-corrected chi connectivity index (χ3v) is 5.22. The van der Waals surface area contributed by atoms with Crippen LogP contribution in [0.1, 0.15) is 55.7 Å². The standard InChI is InChI=1S/C22H26O/c1-2-3-15-21(23)22(17-18-10-5-4-6-11-18)16-9-13-19-12-7-8-14-20(19)22/h4-8,10-12,14H,2-3,9,13,15-17H2,1H3. The molecule has 0 fully saturated rings. The van der Waals surface area contributed by atoms with Gasteiger partial charge in [-0.25, -0.2) is 0 Å². The fourth-order valence-electron chi connectivity index (χ4n) is 4.01. The van der Waals surface area contributed by atoms with Crippen molar-refractivity contribution in [1.82, 2.24) is 0 Å². The van der Waals surface area contributed by atoms with Gasteiger partial charge in [-0.05, 0) is 48.8 Å². The summed E-state index contributed by atoms with van der Waals surface area (Å²) < 4.78 is 0. The van der Waals surface area contributed by atoms with E-state index in [9.17, 15) is 4.79 Å². The van der Waals surface area contributed by atoms with Gasteiger partial charge in [0.05, 0.1) is 5.41 Å². The number of fused-ring (bicyclic) bond motifs is 1. The van der Waals surface area contributed by atoms with Crippen LogP contribution in [0, 0.1) is 0 Å². The molecule has 1 atom stereocenters. The molecule has 3 rings (SSSR count). The zero-order valence-corrected chi connectivity index (χ0v) is 14.1. The minimum absolute atomic E-state index is 0.314. The van der Waals surface area contributed by atoms with E-state index in [-0.39, 0.29) is 5.41 Å². The average molecular weight is 306 g/mol. The number of carbonyl (C=O) groups excluding carboxylic acids is 1. The molecule has 1 aliphatic rings. The molecule has 0 amide bonds. The van der Waals surface area contributed by atoms with Gasteiger partial charge in [0.15, 0.2) is 0 Å². The normalized spacial score (nSPS) is 20.0. The average Bonchev–Trinajstić information content (AvgIpc) is 2.61. The molecule has 0 bridgehead atoms. The van der Waals surface area contributed by atoms with Crippen molar-refractivity contribution in [2.75, 3.05) is 0 Å². The summed E-state index contributed by atoms with van der Waals surface area (Å²) in [5, 5.41) is 0. The van der Waals surface area contributed by atoms with Crippen LogP contribution >= 0.6 is 0 Å². The SMILES string of the molecule is CCCCC(=O)C1(Cc2ccccc2)CCCc2ccccc21. The van der Waals surface area contributed by atoms with Crippen molar-refractivity contribution in [3.05, 3.63) is 71.3 Å². The van der Waals surface area contributed by atoms with Crippen LogP contribution in [0.2, 0.25) is 0 Å². The van der Waals surface area contributed by atoms with E-state index in [2.05, 4.69) is 55.5 Å². The van der Waals surface area contributed by atoms with E-state index < -0.39 is 0 Å². The van der Waals surface area contributed by atoms with Gasteiger partial charge in [0, 0.05) is 6.42 Å². The van der Waals surface area contributed by atoms with Gasteiger partial charge in [-0.1, -0.05) is 67.9 Å². The molecule has 0 radical (unpaired) electrons. The molecule has 1 aliphatic carbocycles. The fourth-order valence-corrected chi connectivity index (χ4v) is 4.01. The Kier molecular flexibility index (Phi) is 4.95. The molecule has 0 aliphatic heterocycles. The first-order chi connectivity index (χ1) is 11.3. The van der Waals surface area contributed by atoms with Crippen molar-refractivity contribution in [2.45, 2.75) is 57.3 Å². The third kappa shape index (κ3) is 3.24. The lowest BCUT2D eigenvalue weighted by molar-refractivity contribution is -0.125. The molecular formula is C22H26O. The first-order valence-corrected chi connectivity index (χ1v) is 8.92. The molecule has 2 aromatic rings. The summed E-state index contributed by atoms with van der Waals surface area (Å²) in [6, 6.07) is 19.1. The Hall–Kier alpha value is -1.89. The topological polar surface area (TPSA) is 17.1 Å². The maximum absolute atomic E-state index is 13.2. The second kappa shape index (κ2) is 7.12. The molecule has 0 aromatic heterocycles. The van der Waals surface area contributed by atoms with Crippen molar-refractivity contribution in [1.29, 1.82) is 0 Å². The number of rotatable bonds is 6. The smallest absolute Gasteiger partial charge is 0.143 e. The van der Waals surface area contributed by atoms with Gasteiger partial charge in [0.2, 0.25) is 0 Å². The molecule has 0 heterocycles. The second-order valence-electron chi connectivity index (χ2n) is 6.78. The Balaban J connectivity index is 2.02. The highest BCUT2D eigenvalue weighted by molar-refractivity contribution is 5.91. The highest BCUT2D eigenvalue weighted by Gasteiger charge is 2.42. The molecule has 1 nitrogen and oxygen atoms in total. The Morgan fingerprint density at radius 2 is 1.78 bits per heavy atom. The predicted octanol–water partition coefficient (Wildman–Crippen LogP) is 5.26. The number of ketones is 1. The van der Waals surface area contributed by atoms with Gasteiger partial charge in [-0.15, -0.1) is 0 Å². The van der Waals surface area contributed by atoms with E-state index in [4.69, 9.17) is 0 Å². The Morgan fingerprint density at radius 3 is 2.57 bits per heavy atom. The summed E-state index contributed by atoms with van der Waals surface area (Å²) in [5.41, 5.74) is 3.62. The van der Waals surface area contributed by atoms with Gasteiger partial charge >= 0.3 is 0 Å². The third-order valence-electron chi connectivity index (χ3n) is 5.22. The maximum Gasteiger partial charge on any atom is 0.143 e. The Labute approximate surface area is 139 Å². The summed E-state index contributed by atoms with van der Waals surface area (Å²) in [7, 11) is 0. The Bertz CT molecular complexity index is 659. The lowest BCUT2D eigenvalue weighted by Gasteiger charge is -2.38. The summed E-state index contributed by atoms with van der Waals surface area (Å²) in [6.45, 7) is 2.16. The molecule has 120 valence electrons.